The molecule has 0 spiro atoms. The van der Waals surface area contributed by atoms with Crippen LogP contribution in [0.3, 0.4) is 0 Å². The van der Waals surface area contributed by atoms with Crippen molar-refractivity contribution in [2.75, 3.05) is 38.2 Å². The number of rotatable bonds is 3. The average molecular weight is 270 g/mol. The quantitative estimate of drug-likeness (QED) is 0.917. The third-order valence-corrected chi connectivity index (χ3v) is 3.46. The van der Waals surface area contributed by atoms with Crippen LogP contribution in [0.15, 0.2) is 36.4 Å². The van der Waals surface area contributed by atoms with Crippen molar-refractivity contribution in [1.82, 2.24) is 15.5 Å². The van der Waals surface area contributed by atoms with Gasteiger partial charge in [-0.15, -0.1) is 10.2 Å². The zero-order chi connectivity index (χ0) is 13.8. The van der Waals surface area contributed by atoms with Gasteiger partial charge in [-0.05, 0) is 24.3 Å². The van der Waals surface area contributed by atoms with Gasteiger partial charge in [0.2, 0.25) is 0 Å². The van der Waals surface area contributed by atoms with Crippen molar-refractivity contribution in [2.45, 2.75) is 0 Å². The van der Waals surface area contributed by atoms with Gasteiger partial charge in [-0.3, -0.25) is 0 Å². The number of ether oxygens (including phenoxy) is 1. The highest BCUT2D eigenvalue weighted by Crippen LogP contribution is 2.22. The second-order valence-corrected chi connectivity index (χ2v) is 4.75. The monoisotopic (exact) mass is 270 g/mol. The van der Waals surface area contributed by atoms with Gasteiger partial charge >= 0.3 is 0 Å². The summed E-state index contributed by atoms with van der Waals surface area (Å²) in [6, 6.07) is 11.9. The number of methoxy groups -OCH3 is 1. The predicted octanol–water partition coefficient (Wildman–Crippen LogP) is 1.56. The van der Waals surface area contributed by atoms with Gasteiger partial charge in [-0.2, -0.15) is 0 Å². The fourth-order valence-electron chi connectivity index (χ4n) is 2.32. The Hall–Kier alpha value is -2.14. The van der Waals surface area contributed by atoms with Gasteiger partial charge in [0, 0.05) is 31.7 Å². The molecule has 1 fully saturated rings. The molecule has 0 unspecified atom stereocenters. The first-order chi connectivity index (χ1) is 9.86. The number of hydrogen-bond acceptors (Lipinski definition) is 5. The number of aromatic nitrogens is 2. The molecule has 1 aromatic heterocycles. The summed E-state index contributed by atoms with van der Waals surface area (Å²) in [7, 11) is 1.66. The number of nitrogens with one attached hydrogen (secondary N) is 1. The maximum Gasteiger partial charge on any atom is 0.151 e. The first-order valence-corrected chi connectivity index (χ1v) is 6.80. The molecule has 5 heteroatoms. The molecule has 1 N–H and O–H groups in total. The number of nitrogens with zero attached hydrogens (tertiary/aromatic N) is 3. The Balaban J connectivity index is 1.81. The van der Waals surface area contributed by atoms with Crippen molar-refractivity contribution in [3.05, 3.63) is 36.4 Å². The maximum absolute atomic E-state index is 5.23. The van der Waals surface area contributed by atoms with Crippen molar-refractivity contribution < 1.29 is 4.74 Å². The predicted molar refractivity (Wildman–Crippen MR) is 79.1 cm³/mol. The van der Waals surface area contributed by atoms with E-state index in [1.54, 1.807) is 7.11 Å². The van der Waals surface area contributed by atoms with Crippen molar-refractivity contribution >= 4 is 5.82 Å². The standard InChI is InChI=1S/C15H18N4O/c1-20-13-4-2-3-12(11-13)14-5-6-15(18-17-14)19-9-7-16-8-10-19/h2-6,11,16H,7-10H2,1H3. The number of anilines is 1. The molecule has 3 rings (SSSR count). The minimum absolute atomic E-state index is 0.829. The third-order valence-electron chi connectivity index (χ3n) is 3.46. The van der Waals surface area contributed by atoms with Crippen molar-refractivity contribution in [1.29, 1.82) is 0 Å². The SMILES string of the molecule is COc1cccc(-c2ccc(N3CCNCC3)nn2)c1. The van der Waals surface area contributed by atoms with E-state index < -0.39 is 0 Å². The first kappa shape index (κ1) is 12.9. The summed E-state index contributed by atoms with van der Waals surface area (Å²) in [5.74, 6) is 1.77. The van der Waals surface area contributed by atoms with Crippen molar-refractivity contribution in [2.24, 2.45) is 0 Å². The van der Waals surface area contributed by atoms with E-state index in [9.17, 15) is 0 Å². The summed E-state index contributed by atoms with van der Waals surface area (Å²) >= 11 is 0. The van der Waals surface area contributed by atoms with E-state index in [0.29, 0.717) is 0 Å². The van der Waals surface area contributed by atoms with Crippen molar-refractivity contribution in [3.63, 3.8) is 0 Å². The number of hydrogen-bond donors (Lipinski definition) is 1. The zero-order valence-electron chi connectivity index (χ0n) is 11.5. The highest BCUT2D eigenvalue weighted by atomic mass is 16.5. The van der Waals surface area contributed by atoms with Crippen LogP contribution in [-0.4, -0.2) is 43.5 Å². The lowest BCUT2D eigenvalue weighted by Crippen LogP contribution is -2.43. The molecule has 2 heterocycles. The van der Waals surface area contributed by atoms with E-state index in [1.165, 1.54) is 0 Å². The molecule has 1 aliphatic rings. The first-order valence-electron chi connectivity index (χ1n) is 6.80. The minimum Gasteiger partial charge on any atom is -0.497 e. The molecule has 0 saturated carbocycles. The third kappa shape index (κ3) is 2.72. The normalized spacial score (nSPS) is 15.2. The fraction of sp³-hybridized carbons (Fsp3) is 0.333. The second-order valence-electron chi connectivity index (χ2n) is 4.75. The maximum atomic E-state index is 5.23. The zero-order valence-corrected chi connectivity index (χ0v) is 11.5. The molecule has 20 heavy (non-hydrogen) atoms. The van der Waals surface area contributed by atoms with Gasteiger partial charge in [0.25, 0.3) is 0 Å². The molecule has 5 nitrogen and oxygen atoms in total. The van der Waals surface area contributed by atoms with Crippen molar-refractivity contribution in [3.8, 4) is 17.0 Å². The molecule has 0 radical (unpaired) electrons. The van der Waals surface area contributed by atoms with Crippen LogP contribution in [0.25, 0.3) is 11.3 Å². The highest BCUT2D eigenvalue weighted by molar-refractivity contribution is 5.61. The topological polar surface area (TPSA) is 50.3 Å². The summed E-state index contributed by atoms with van der Waals surface area (Å²) < 4.78 is 5.23. The summed E-state index contributed by atoms with van der Waals surface area (Å²) in [5, 5.41) is 12.0. The molecule has 104 valence electrons. The Morgan fingerprint density at radius 3 is 2.65 bits per heavy atom. The molecule has 0 atom stereocenters. The van der Waals surface area contributed by atoms with Crippen LogP contribution in [0, 0.1) is 0 Å². The van der Waals surface area contributed by atoms with E-state index in [0.717, 1.165) is 49.0 Å². The molecule has 0 amide bonds. The van der Waals surface area contributed by atoms with Gasteiger partial charge in [-0.25, -0.2) is 0 Å². The van der Waals surface area contributed by atoms with Crippen LogP contribution in [0.4, 0.5) is 5.82 Å². The molecular formula is C15H18N4O. The summed E-state index contributed by atoms with van der Waals surface area (Å²) in [5.41, 5.74) is 1.88. The van der Waals surface area contributed by atoms with Crippen LogP contribution in [-0.2, 0) is 0 Å². The molecule has 0 bridgehead atoms. The van der Waals surface area contributed by atoms with Gasteiger partial charge in [-0.1, -0.05) is 12.1 Å². The fourth-order valence-corrected chi connectivity index (χ4v) is 2.32. The van der Waals surface area contributed by atoms with E-state index in [-0.39, 0.29) is 0 Å². The summed E-state index contributed by atoms with van der Waals surface area (Å²) in [4.78, 5) is 2.25. The van der Waals surface area contributed by atoms with E-state index in [4.69, 9.17) is 4.74 Å². The molecule has 2 aromatic rings. The van der Waals surface area contributed by atoms with Crippen LogP contribution in [0.5, 0.6) is 5.75 Å². The molecule has 1 saturated heterocycles. The van der Waals surface area contributed by atoms with Crippen LogP contribution in [0.2, 0.25) is 0 Å². The summed E-state index contributed by atoms with van der Waals surface area (Å²) in [6.07, 6.45) is 0. The number of benzene rings is 1. The van der Waals surface area contributed by atoms with Gasteiger partial charge in [0.1, 0.15) is 5.75 Å². The molecule has 1 aromatic carbocycles. The largest absolute Gasteiger partial charge is 0.497 e. The van der Waals surface area contributed by atoms with E-state index in [2.05, 4.69) is 20.4 Å². The second kappa shape index (κ2) is 5.88. The molecule has 1 aliphatic heterocycles. The summed E-state index contributed by atoms with van der Waals surface area (Å²) in [6.45, 7) is 3.96. The highest BCUT2D eigenvalue weighted by Gasteiger charge is 2.12. The van der Waals surface area contributed by atoms with E-state index in [1.807, 2.05) is 36.4 Å². The lowest BCUT2D eigenvalue weighted by atomic mass is 10.1. The molecule has 0 aliphatic carbocycles. The van der Waals surface area contributed by atoms with Gasteiger partial charge in [0.05, 0.1) is 12.8 Å². The Labute approximate surface area is 118 Å². The minimum atomic E-state index is 0.829. The van der Waals surface area contributed by atoms with Gasteiger partial charge < -0.3 is 15.0 Å². The van der Waals surface area contributed by atoms with E-state index >= 15 is 0 Å². The Bertz CT molecular complexity index is 564. The lowest BCUT2D eigenvalue weighted by molar-refractivity contribution is 0.415. The smallest absolute Gasteiger partial charge is 0.151 e. The van der Waals surface area contributed by atoms with Crippen LogP contribution in [0.1, 0.15) is 0 Å². The van der Waals surface area contributed by atoms with Crippen LogP contribution < -0.4 is 15.0 Å². The Kier molecular flexibility index (Phi) is 3.78. The molecular weight excluding hydrogens is 252 g/mol. The Morgan fingerprint density at radius 1 is 1.10 bits per heavy atom. The Morgan fingerprint density at radius 2 is 1.95 bits per heavy atom. The van der Waals surface area contributed by atoms with Crippen LogP contribution >= 0.6 is 0 Å². The number of piperazine rings is 1. The lowest BCUT2D eigenvalue weighted by Gasteiger charge is -2.27. The average Bonchev–Trinajstić information content (AvgIpc) is 2.56. The van der Waals surface area contributed by atoms with Gasteiger partial charge in [0.15, 0.2) is 5.82 Å².